The number of fused-ring (bicyclic) bond motifs is 1. The summed E-state index contributed by atoms with van der Waals surface area (Å²) >= 11 is 0. The molecule has 2 unspecified atom stereocenters. The molecule has 1 aromatic heterocycles. The van der Waals surface area contributed by atoms with Crippen LogP contribution in [0.5, 0.6) is 11.5 Å². The molecule has 1 saturated carbocycles. The third-order valence-corrected chi connectivity index (χ3v) is 5.98. The molecule has 2 aliphatic rings. The van der Waals surface area contributed by atoms with Gasteiger partial charge in [-0.3, -0.25) is 4.79 Å². The molecule has 1 aliphatic heterocycles. The number of methoxy groups -OCH3 is 2. The Hall–Kier alpha value is -2.91. The van der Waals surface area contributed by atoms with Gasteiger partial charge in [-0.2, -0.15) is 18.3 Å². The number of hydrogen-bond acceptors (Lipinski definition) is 5. The van der Waals surface area contributed by atoms with E-state index in [1.807, 2.05) is 0 Å². The predicted molar refractivity (Wildman–Crippen MR) is 108 cm³/mol. The number of hydrogen-bond donors (Lipinski definition) is 2. The van der Waals surface area contributed by atoms with Crippen molar-refractivity contribution in [1.29, 1.82) is 0 Å². The van der Waals surface area contributed by atoms with Crippen LogP contribution in [-0.4, -0.2) is 42.1 Å². The van der Waals surface area contributed by atoms with Gasteiger partial charge in [0.1, 0.15) is 11.4 Å². The lowest BCUT2D eigenvalue weighted by Gasteiger charge is -2.34. The maximum absolute atomic E-state index is 13.9. The van der Waals surface area contributed by atoms with Crippen LogP contribution in [0.1, 0.15) is 60.1 Å². The van der Waals surface area contributed by atoms with Crippen LogP contribution in [0.25, 0.3) is 0 Å². The first-order valence-corrected chi connectivity index (χ1v) is 10.3. The highest BCUT2D eigenvalue weighted by Gasteiger charge is 2.47. The molecule has 1 fully saturated rings. The highest BCUT2D eigenvalue weighted by Crippen LogP contribution is 2.45. The Balaban J connectivity index is 1.68. The number of benzene rings is 1. The summed E-state index contributed by atoms with van der Waals surface area (Å²) in [6, 6.07) is 2.50. The molecule has 1 aliphatic carbocycles. The fourth-order valence-electron chi connectivity index (χ4n) is 4.35. The first kappa shape index (κ1) is 21.3. The van der Waals surface area contributed by atoms with Crippen LogP contribution in [0.15, 0.2) is 24.4 Å². The Morgan fingerprint density at radius 1 is 1.19 bits per heavy atom. The summed E-state index contributed by atoms with van der Waals surface area (Å²) in [6.45, 7) is 0. The molecule has 10 heteroatoms. The molecule has 0 spiro atoms. The van der Waals surface area contributed by atoms with E-state index in [4.69, 9.17) is 9.47 Å². The number of nitrogens with zero attached hydrogens (tertiary/aromatic N) is 2. The van der Waals surface area contributed by atoms with E-state index in [2.05, 4.69) is 15.7 Å². The van der Waals surface area contributed by atoms with Crippen molar-refractivity contribution in [3.8, 4) is 11.5 Å². The van der Waals surface area contributed by atoms with E-state index < -0.39 is 24.2 Å². The summed E-state index contributed by atoms with van der Waals surface area (Å²) in [5.74, 6) is 0.568. The van der Waals surface area contributed by atoms with Crippen molar-refractivity contribution < 1.29 is 27.4 Å². The average Bonchev–Trinajstić information content (AvgIpc) is 3.41. The van der Waals surface area contributed by atoms with Crippen LogP contribution in [0, 0.1) is 0 Å². The smallest absolute Gasteiger partial charge is 0.410 e. The molecule has 7 nitrogen and oxygen atoms in total. The summed E-state index contributed by atoms with van der Waals surface area (Å²) in [4.78, 5) is 12.8. The van der Waals surface area contributed by atoms with E-state index in [0.29, 0.717) is 17.1 Å². The first-order valence-electron chi connectivity index (χ1n) is 10.3. The minimum Gasteiger partial charge on any atom is -0.493 e. The van der Waals surface area contributed by atoms with Gasteiger partial charge in [0.05, 0.1) is 26.5 Å². The quantitative estimate of drug-likeness (QED) is 0.731. The van der Waals surface area contributed by atoms with Gasteiger partial charge in [-0.25, -0.2) is 4.68 Å². The molecule has 2 atom stereocenters. The zero-order valence-electron chi connectivity index (χ0n) is 17.3. The van der Waals surface area contributed by atoms with E-state index in [1.54, 1.807) is 18.2 Å². The predicted octanol–water partition coefficient (Wildman–Crippen LogP) is 4.23. The number of ether oxygens (including phenoxy) is 2. The van der Waals surface area contributed by atoms with Crippen molar-refractivity contribution in [3.63, 3.8) is 0 Å². The van der Waals surface area contributed by atoms with E-state index in [1.165, 1.54) is 20.4 Å². The fraction of sp³-hybridized carbons (Fsp3) is 0.524. The van der Waals surface area contributed by atoms with Gasteiger partial charge in [-0.1, -0.05) is 18.9 Å². The minimum absolute atomic E-state index is 0.0479. The lowest BCUT2D eigenvalue weighted by Crippen LogP contribution is -2.37. The van der Waals surface area contributed by atoms with Crippen molar-refractivity contribution in [2.75, 3.05) is 19.5 Å². The number of alkyl halides is 3. The summed E-state index contributed by atoms with van der Waals surface area (Å²) in [5, 5.41) is 9.94. The summed E-state index contributed by atoms with van der Waals surface area (Å²) in [5.41, 5.74) is 0.716. The molecule has 2 heterocycles. The summed E-state index contributed by atoms with van der Waals surface area (Å²) < 4.78 is 53.0. The van der Waals surface area contributed by atoms with Gasteiger partial charge in [-0.15, -0.1) is 0 Å². The van der Waals surface area contributed by atoms with Crippen LogP contribution < -0.4 is 20.1 Å². The highest BCUT2D eigenvalue weighted by atomic mass is 19.4. The van der Waals surface area contributed by atoms with Gasteiger partial charge in [0.2, 0.25) is 0 Å². The van der Waals surface area contributed by atoms with E-state index in [9.17, 15) is 18.0 Å². The lowest BCUT2D eigenvalue weighted by atomic mass is 9.96. The minimum atomic E-state index is -4.52. The highest BCUT2D eigenvalue weighted by molar-refractivity contribution is 5.99. The summed E-state index contributed by atoms with van der Waals surface area (Å²) in [7, 11) is 2.96. The van der Waals surface area contributed by atoms with Gasteiger partial charge in [0.15, 0.2) is 17.5 Å². The molecule has 0 bridgehead atoms. The zero-order chi connectivity index (χ0) is 22.2. The van der Waals surface area contributed by atoms with E-state index in [-0.39, 0.29) is 23.8 Å². The van der Waals surface area contributed by atoms with Gasteiger partial charge < -0.3 is 20.1 Å². The SMILES string of the molecule is COc1ccc(C2CC(C(F)(F)F)n3ncc(C(=O)NC4CCCC4)c3N2)cc1OC. The maximum atomic E-state index is 13.9. The van der Waals surface area contributed by atoms with Crippen LogP contribution >= 0.6 is 0 Å². The molecular formula is C21H25F3N4O3. The van der Waals surface area contributed by atoms with Crippen LogP contribution in [-0.2, 0) is 0 Å². The van der Waals surface area contributed by atoms with Crippen molar-refractivity contribution in [1.82, 2.24) is 15.1 Å². The van der Waals surface area contributed by atoms with Crippen molar-refractivity contribution in [3.05, 3.63) is 35.5 Å². The average molecular weight is 438 g/mol. The van der Waals surface area contributed by atoms with Gasteiger partial charge >= 0.3 is 6.18 Å². The standard InChI is InChI=1S/C21H25F3N4O3/c1-30-16-8-7-12(9-17(16)31-2)15-10-18(21(22,23)24)28-19(27-15)14(11-25-28)20(29)26-13-5-3-4-6-13/h7-9,11,13,15,18,27H,3-6,10H2,1-2H3,(H,26,29). The number of anilines is 1. The largest absolute Gasteiger partial charge is 0.493 e. The topological polar surface area (TPSA) is 77.4 Å². The molecule has 0 radical (unpaired) electrons. The summed E-state index contributed by atoms with van der Waals surface area (Å²) in [6.07, 6.45) is 0.250. The van der Waals surface area contributed by atoms with Crippen molar-refractivity contribution >= 4 is 11.7 Å². The molecule has 1 aromatic carbocycles. The molecule has 2 aromatic rings. The second-order valence-corrected chi connectivity index (χ2v) is 7.91. The molecule has 0 saturated heterocycles. The number of nitrogens with one attached hydrogen (secondary N) is 2. The van der Waals surface area contributed by atoms with Crippen molar-refractivity contribution in [2.45, 2.75) is 56.4 Å². The first-order chi connectivity index (χ1) is 14.8. The maximum Gasteiger partial charge on any atom is 0.410 e. The van der Waals surface area contributed by atoms with Crippen LogP contribution in [0.2, 0.25) is 0 Å². The zero-order valence-corrected chi connectivity index (χ0v) is 17.3. The number of amides is 1. The molecule has 2 N–H and O–H groups in total. The second kappa shape index (κ2) is 8.32. The van der Waals surface area contributed by atoms with Gasteiger partial charge in [-0.05, 0) is 30.5 Å². The molecular weight excluding hydrogens is 413 g/mol. The monoisotopic (exact) mass is 438 g/mol. The van der Waals surface area contributed by atoms with Gasteiger partial charge in [0, 0.05) is 12.5 Å². The Kier molecular flexibility index (Phi) is 5.72. The van der Waals surface area contributed by atoms with Gasteiger partial charge in [0.25, 0.3) is 5.91 Å². The Bertz CT molecular complexity index is 954. The normalized spacial score (nSPS) is 21.3. The number of rotatable bonds is 5. The molecule has 31 heavy (non-hydrogen) atoms. The second-order valence-electron chi connectivity index (χ2n) is 7.91. The van der Waals surface area contributed by atoms with Crippen LogP contribution in [0.4, 0.5) is 19.0 Å². The lowest BCUT2D eigenvalue weighted by molar-refractivity contribution is -0.173. The Labute approximate surface area is 177 Å². The third-order valence-electron chi connectivity index (χ3n) is 5.98. The number of aromatic nitrogens is 2. The molecule has 4 rings (SSSR count). The van der Waals surface area contributed by atoms with E-state index in [0.717, 1.165) is 30.4 Å². The number of carbonyl (C=O) groups excluding carboxylic acids is 1. The van der Waals surface area contributed by atoms with Crippen LogP contribution in [0.3, 0.4) is 0 Å². The number of halogens is 3. The third kappa shape index (κ3) is 4.15. The fourth-order valence-corrected chi connectivity index (χ4v) is 4.35. The van der Waals surface area contributed by atoms with Crippen molar-refractivity contribution in [2.24, 2.45) is 0 Å². The Morgan fingerprint density at radius 2 is 1.90 bits per heavy atom. The molecule has 168 valence electrons. The van der Waals surface area contributed by atoms with E-state index >= 15 is 0 Å². The Morgan fingerprint density at radius 3 is 2.55 bits per heavy atom. The molecule has 1 amide bonds. The number of carbonyl (C=O) groups is 1.